The van der Waals surface area contributed by atoms with Crippen LogP contribution in [0.4, 0.5) is 17.1 Å². The number of nitro groups is 1. The predicted molar refractivity (Wildman–Crippen MR) is 130 cm³/mol. The molecule has 0 atom stereocenters. The average Bonchev–Trinajstić information content (AvgIpc) is 2.99. The largest absolute Gasteiger partial charge is 0.295 e. The minimum absolute atomic E-state index is 0.107. The van der Waals surface area contributed by atoms with Crippen molar-refractivity contribution in [1.29, 1.82) is 0 Å². The van der Waals surface area contributed by atoms with Crippen LogP contribution < -0.4 is 10.1 Å². The first-order chi connectivity index (χ1) is 15.8. The number of nitro benzene ring substituents is 1. The molecule has 0 aromatic heterocycles. The molecule has 0 spiro atoms. The van der Waals surface area contributed by atoms with Gasteiger partial charge in [0, 0.05) is 16.7 Å². The van der Waals surface area contributed by atoms with E-state index < -0.39 is 20.6 Å². The third-order valence-electron chi connectivity index (χ3n) is 5.30. The lowest BCUT2D eigenvalue weighted by Gasteiger charge is -2.11. The number of aryl methyl sites for hydroxylation is 1. The number of halogens is 1. The minimum Gasteiger partial charge on any atom is -0.280 e. The maximum absolute atomic E-state index is 12.8. The first-order valence-electron chi connectivity index (χ1n) is 10.3. The maximum atomic E-state index is 12.8. The van der Waals surface area contributed by atoms with E-state index >= 15 is 0 Å². The molecular formula is C23H21ClN4O4S. The molecule has 0 amide bonds. The fourth-order valence-electron chi connectivity index (χ4n) is 3.70. The molecule has 1 aliphatic rings. The van der Waals surface area contributed by atoms with Crippen molar-refractivity contribution in [2.24, 2.45) is 5.10 Å². The molecule has 0 unspecified atom stereocenters. The van der Waals surface area contributed by atoms with Gasteiger partial charge in [-0.25, -0.2) is 8.42 Å². The van der Waals surface area contributed by atoms with Crippen LogP contribution in [0.3, 0.4) is 0 Å². The number of anilines is 2. The highest BCUT2D eigenvalue weighted by molar-refractivity contribution is 7.92. The Morgan fingerprint density at radius 1 is 0.970 bits per heavy atom. The number of hydrazone groups is 1. The summed E-state index contributed by atoms with van der Waals surface area (Å²) >= 11 is 5.90. The number of hydrogen-bond acceptors (Lipinski definition) is 6. The van der Waals surface area contributed by atoms with Crippen LogP contribution in [-0.4, -0.2) is 19.1 Å². The van der Waals surface area contributed by atoms with E-state index in [2.05, 4.69) is 21.3 Å². The Kier molecular flexibility index (Phi) is 6.62. The fraction of sp³-hybridized carbons (Fsp3) is 0.174. The molecular weight excluding hydrogens is 464 g/mol. The fourth-order valence-corrected chi connectivity index (χ4v) is 4.96. The number of nitrogens with zero attached hydrogens (tertiary/aromatic N) is 2. The van der Waals surface area contributed by atoms with Gasteiger partial charge in [-0.3, -0.25) is 20.3 Å². The monoisotopic (exact) mass is 484 g/mol. The van der Waals surface area contributed by atoms with Gasteiger partial charge in [0.2, 0.25) is 0 Å². The van der Waals surface area contributed by atoms with Crippen LogP contribution in [-0.2, 0) is 16.4 Å². The Balaban J connectivity index is 1.63. The van der Waals surface area contributed by atoms with E-state index in [1.165, 1.54) is 29.8 Å². The van der Waals surface area contributed by atoms with Crippen molar-refractivity contribution in [2.75, 3.05) is 10.1 Å². The van der Waals surface area contributed by atoms with Crippen molar-refractivity contribution in [3.8, 4) is 0 Å². The highest BCUT2D eigenvalue weighted by Gasteiger charge is 2.22. The molecule has 170 valence electrons. The Hall–Kier alpha value is -3.43. The zero-order chi connectivity index (χ0) is 23.4. The summed E-state index contributed by atoms with van der Waals surface area (Å²) in [7, 11) is -4.06. The number of sulfonamides is 1. The summed E-state index contributed by atoms with van der Waals surface area (Å²) in [5.41, 5.74) is 5.78. The number of hydrogen-bond donors (Lipinski definition) is 2. The van der Waals surface area contributed by atoms with Crippen molar-refractivity contribution in [3.63, 3.8) is 0 Å². The van der Waals surface area contributed by atoms with Gasteiger partial charge in [-0.15, -0.1) is 0 Å². The molecule has 10 heteroatoms. The van der Waals surface area contributed by atoms with Gasteiger partial charge in [-0.2, -0.15) is 5.10 Å². The van der Waals surface area contributed by atoms with Crippen molar-refractivity contribution < 1.29 is 13.3 Å². The van der Waals surface area contributed by atoms with Crippen LogP contribution in [0.5, 0.6) is 0 Å². The summed E-state index contributed by atoms with van der Waals surface area (Å²) in [5.74, 6) is 0. The summed E-state index contributed by atoms with van der Waals surface area (Å²) in [6.45, 7) is 0. The molecule has 0 bridgehead atoms. The van der Waals surface area contributed by atoms with Crippen LogP contribution in [0.1, 0.15) is 30.4 Å². The molecule has 0 saturated carbocycles. The van der Waals surface area contributed by atoms with Gasteiger partial charge < -0.3 is 0 Å². The summed E-state index contributed by atoms with van der Waals surface area (Å²) in [4.78, 5) is 10.8. The second-order valence-electron chi connectivity index (χ2n) is 7.59. The lowest BCUT2D eigenvalue weighted by Crippen LogP contribution is -2.13. The third kappa shape index (κ3) is 5.32. The van der Waals surface area contributed by atoms with Crippen molar-refractivity contribution in [3.05, 3.63) is 93.0 Å². The van der Waals surface area contributed by atoms with Crippen LogP contribution in [0.25, 0.3) is 0 Å². The topological polar surface area (TPSA) is 114 Å². The highest BCUT2D eigenvalue weighted by Crippen LogP contribution is 2.30. The standard InChI is InChI=1S/C23H21ClN4O4S/c24-17-8-5-9-18(14-17)27-33(31,32)19-12-13-22(23(15-19)28(29)30)26-25-21-11-4-2-7-16-6-1-3-10-20(16)21/h1,3,5-6,8-10,12-15,26-27H,2,4,7,11H2. The smallest absolute Gasteiger partial charge is 0.280 e. The summed E-state index contributed by atoms with van der Waals surface area (Å²) in [6.07, 6.45) is 3.71. The molecule has 33 heavy (non-hydrogen) atoms. The Morgan fingerprint density at radius 2 is 1.76 bits per heavy atom. The van der Waals surface area contributed by atoms with E-state index in [-0.39, 0.29) is 16.3 Å². The second kappa shape index (κ2) is 9.60. The molecule has 0 heterocycles. The molecule has 0 aliphatic heterocycles. The Labute approximate surface area is 196 Å². The highest BCUT2D eigenvalue weighted by atomic mass is 35.5. The van der Waals surface area contributed by atoms with Gasteiger partial charge in [0.1, 0.15) is 5.69 Å². The van der Waals surface area contributed by atoms with E-state index in [4.69, 9.17) is 11.6 Å². The number of rotatable bonds is 6. The number of nitrogens with one attached hydrogen (secondary N) is 2. The maximum Gasteiger partial charge on any atom is 0.295 e. The van der Waals surface area contributed by atoms with E-state index in [1.54, 1.807) is 12.1 Å². The first-order valence-corrected chi connectivity index (χ1v) is 12.2. The third-order valence-corrected chi connectivity index (χ3v) is 6.92. The van der Waals surface area contributed by atoms with E-state index in [0.717, 1.165) is 43.0 Å². The lowest BCUT2D eigenvalue weighted by atomic mass is 10.0. The molecule has 2 N–H and O–H groups in total. The minimum atomic E-state index is -4.06. The summed E-state index contributed by atoms with van der Waals surface area (Å²) < 4.78 is 27.9. The van der Waals surface area contributed by atoms with E-state index in [1.807, 2.05) is 18.2 Å². The molecule has 3 aromatic carbocycles. The quantitative estimate of drug-likeness (QED) is 0.269. The zero-order valence-corrected chi connectivity index (χ0v) is 19.1. The van der Waals surface area contributed by atoms with Gasteiger partial charge in [-0.1, -0.05) is 41.9 Å². The molecule has 8 nitrogen and oxygen atoms in total. The van der Waals surface area contributed by atoms with Crippen molar-refractivity contribution in [1.82, 2.24) is 0 Å². The average molecular weight is 485 g/mol. The van der Waals surface area contributed by atoms with Gasteiger partial charge in [0.05, 0.1) is 21.2 Å². The normalized spacial score (nSPS) is 14.9. The van der Waals surface area contributed by atoms with Crippen LogP contribution in [0, 0.1) is 10.1 Å². The predicted octanol–water partition coefficient (Wildman–Crippen LogP) is 5.59. The molecule has 4 rings (SSSR count). The van der Waals surface area contributed by atoms with Crippen molar-refractivity contribution >= 4 is 44.4 Å². The van der Waals surface area contributed by atoms with Crippen LogP contribution in [0.15, 0.2) is 76.7 Å². The molecule has 0 fully saturated rings. The zero-order valence-electron chi connectivity index (χ0n) is 17.5. The Bertz CT molecular complexity index is 1340. The number of benzene rings is 3. The number of fused-ring (bicyclic) bond motifs is 1. The molecule has 3 aromatic rings. The molecule has 1 aliphatic carbocycles. The van der Waals surface area contributed by atoms with Crippen molar-refractivity contribution in [2.45, 2.75) is 30.6 Å². The Morgan fingerprint density at radius 3 is 2.55 bits per heavy atom. The summed E-state index contributed by atoms with van der Waals surface area (Å²) in [6, 6.07) is 17.8. The van der Waals surface area contributed by atoms with E-state index in [0.29, 0.717) is 5.02 Å². The van der Waals surface area contributed by atoms with Crippen LogP contribution in [0.2, 0.25) is 5.02 Å². The second-order valence-corrected chi connectivity index (χ2v) is 9.71. The molecule has 0 saturated heterocycles. The summed E-state index contributed by atoms with van der Waals surface area (Å²) in [5, 5.41) is 16.5. The van der Waals surface area contributed by atoms with Gasteiger partial charge in [-0.05, 0) is 61.6 Å². The first kappa shape index (κ1) is 22.8. The van der Waals surface area contributed by atoms with Gasteiger partial charge >= 0.3 is 0 Å². The lowest BCUT2D eigenvalue weighted by molar-refractivity contribution is -0.384. The van der Waals surface area contributed by atoms with Gasteiger partial charge in [0.25, 0.3) is 15.7 Å². The SMILES string of the molecule is O=[N+]([O-])c1cc(S(=O)(=O)Nc2cccc(Cl)c2)ccc1NN=C1CCCCc2ccccc21. The van der Waals surface area contributed by atoms with Gasteiger partial charge in [0.15, 0.2) is 0 Å². The van der Waals surface area contributed by atoms with Crippen LogP contribution >= 0.6 is 11.6 Å². The van der Waals surface area contributed by atoms with E-state index in [9.17, 15) is 18.5 Å². The molecule has 0 radical (unpaired) electrons.